The number of benzene rings is 1. The Balaban J connectivity index is 2.94. The summed E-state index contributed by atoms with van der Waals surface area (Å²) in [6, 6.07) is 2.66. The van der Waals surface area contributed by atoms with Gasteiger partial charge in [-0.1, -0.05) is 11.6 Å². The summed E-state index contributed by atoms with van der Waals surface area (Å²) in [4.78, 5) is 32.3. The second kappa shape index (κ2) is 6.05. The van der Waals surface area contributed by atoms with Crippen LogP contribution in [0.4, 0.5) is 5.69 Å². The molecule has 0 radical (unpaired) electrons. The largest absolute Gasteiger partial charge is 0.481 e. The molecule has 1 atom stereocenters. The fourth-order valence-electron chi connectivity index (χ4n) is 1.35. The van der Waals surface area contributed by atoms with Gasteiger partial charge in [0.05, 0.1) is 17.1 Å². The van der Waals surface area contributed by atoms with Crippen molar-refractivity contribution in [2.45, 2.75) is 12.5 Å². The third kappa shape index (κ3) is 4.14. The predicted molar refractivity (Wildman–Crippen MR) is 67.3 cm³/mol. The van der Waals surface area contributed by atoms with Crippen LogP contribution in [0.1, 0.15) is 16.8 Å². The highest BCUT2D eigenvalue weighted by Crippen LogP contribution is 2.24. The molecule has 0 bridgehead atoms. The van der Waals surface area contributed by atoms with E-state index in [-0.39, 0.29) is 16.3 Å². The number of halogens is 1. The van der Waals surface area contributed by atoms with Crippen molar-refractivity contribution in [2.24, 2.45) is 5.73 Å². The molecule has 0 aliphatic carbocycles. The number of hydrogen-bond donors (Lipinski definition) is 4. The van der Waals surface area contributed by atoms with Crippen LogP contribution in [0.3, 0.4) is 0 Å². The Bertz CT molecular complexity index is 532. The van der Waals surface area contributed by atoms with Crippen LogP contribution in [0, 0.1) is 0 Å². The highest BCUT2D eigenvalue weighted by molar-refractivity contribution is 6.33. The number of nitrogens with one attached hydrogen (secondary N) is 1. The molecule has 1 rings (SSSR count). The van der Waals surface area contributed by atoms with E-state index in [9.17, 15) is 14.4 Å². The average molecular weight is 287 g/mol. The first-order chi connectivity index (χ1) is 8.81. The summed E-state index contributed by atoms with van der Waals surface area (Å²) in [6.07, 6.45) is -0.608. The molecule has 0 saturated carbocycles. The van der Waals surface area contributed by atoms with Crippen molar-refractivity contribution < 1.29 is 24.6 Å². The van der Waals surface area contributed by atoms with Crippen LogP contribution >= 0.6 is 11.6 Å². The van der Waals surface area contributed by atoms with E-state index < -0.39 is 30.3 Å². The van der Waals surface area contributed by atoms with Gasteiger partial charge in [-0.25, -0.2) is 4.79 Å². The summed E-state index contributed by atoms with van der Waals surface area (Å²) in [5.41, 5.74) is 5.43. The molecule has 19 heavy (non-hydrogen) atoms. The highest BCUT2D eigenvalue weighted by atomic mass is 35.5. The maximum absolute atomic E-state index is 10.9. The Morgan fingerprint density at radius 1 is 1.32 bits per heavy atom. The fraction of sp³-hybridized carbons (Fsp3) is 0.182. The monoisotopic (exact) mass is 286 g/mol. The molecular formula is C11H11ClN2O5. The lowest BCUT2D eigenvalue weighted by molar-refractivity contribution is -0.144. The van der Waals surface area contributed by atoms with Gasteiger partial charge in [-0.05, 0) is 18.2 Å². The number of carboxylic acids is 2. The lowest BCUT2D eigenvalue weighted by Crippen LogP contribution is -2.31. The van der Waals surface area contributed by atoms with Crippen molar-refractivity contribution in [3.05, 3.63) is 28.8 Å². The summed E-state index contributed by atoms with van der Waals surface area (Å²) in [5.74, 6) is -3.25. The van der Waals surface area contributed by atoms with Crippen LogP contribution in [0.25, 0.3) is 0 Å². The number of hydrogen-bond acceptors (Lipinski definition) is 4. The second-order valence-corrected chi connectivity index (χ2v) is 4.10. The van der Waals surface area contributed by atoms with E-state index in [1.165, 1.54) is 18.2 Å². The first-order valence-electron chi connectivity index (χ1n) is 5.11. The molecule has 1 amide bonds. The minimum atomic E-state index is -1.32. The van der Waals surface area contributed by atoms with Crippen LogP contribution < -0.4 is 11.1 Å². The zero-order valence-electron chi connectivity index (χ0n) is 9.59. The van der Waals surface area contributed by atoms with E-state index in [1.54, 1.807) is 0 Å². The van der Waals surface area contributed by atoms with E-state index in [0.717, 1.165) is 0 Å². The van der Waals surface area contributed by atoms with E-state index in [0.29, 0.717) is 0 Å². The Labute approximate surface area is 113 Å². The van der Waals surface area contributed by atoms with Gasteiger partial charge < -0.3 is 21.3 Å². The zero-order chi connectivity index (χ0) is 14.6. The van der Waals surface area contributed by atoms with Crippen LogP contribution in [0.15, 0.2) is 18.2 Å². The number of carbonyl (C=O) groups excluding carboxylic acids is 1. The van der Waals surface area contributed by atoms with Crippen LogP contribution in [-0.4, -0.2) is 34.1 Å². The van der Waals surface area contributed by atoms with Crippen LogP contribution in [-0.2, 0) is 9.59 Å². The van der Waals surface area contributed by atoms with Gasteiger partial charge in [-0.3, -0.25) is 9.59 Å². The molecule has 0 aliphatic rings. The Morgan fingerprint density at radius 2 is 1.95 bits per heavy atom. The second-order valence-electron chi connectivity index (χ2n) is 3.69. The third-order valence-corrected chi connectivity index (χ3v) is 2.57. The number of nitrogens with two attached hydrogens (primary N) is 1. The highest BCUT2D eigenvalue weighted by Gasteiger charge is 2.21. The van der Waals surface area contributed by atoms with E-state index >= 15 is 0 Å². The van der Waals surface area contributed by atoms with Gasteiger partial charge in [0.2, 0.25) is 5.91 Å². The summed E-state index contributed by atoms with van der Waals surface area (Å²) < 4.78 is 0. The van der Waals surface area contributed by atoms with Crippen molar-refractivity contribution in [3.63, 3.8) is 0 Å². The number of rotatable bonds is 6. The molecule has 0 heterocycles. The molecule has 1 aromatic carbocycles. The normalized spacial score (nSPS) is 11.6. The lowest BCUT2D eigenvalue weighted by Gasteiger charge is -2.15. The standard InChI is InChI=1S/C11H11ClN2O5/c12-6-3-5(10(13)17)1-2-7(6)14-8(11(18)19)4-9(15)16/h1-3,8,14H,4H2,(H2,13,17)(H,15,16)(H,18,19). The summed E-state index contributed by atoms with van der Waals surface area (Å²) in [7, 11) is 0. The number of aliphatic carboxylic acids is 2. The number of primary amides is 1. The van der Waals surface area contributed by atoms with Crippen LogP contribution in [0.5, 0.6) is 0 Å². The molecular weight excluding hydrogens is 276 g/mol. The molecule has 0 saturated heterocycles. The minimum absolute atomic E-state index is 0.0768. The van der Waals surface area contributed by atoms with Crippen molar-refractivity contribution in [3.8, 4) is 0 Å². The molecule has 0 aliphatic heterocycles. The van der Waals surface area contributed by atoms with Gasteiger partial charge in [0.15, 0.2) is 0 Å². The molecule has 0 spiro atoms. The zero-order valence-corrected chi connectivity index (χ0v) is 10.3. The molecule has 5 N–H and O–H groups in total. The molecule has 1 aromatic rings. The number of carbonyl (C=O) groups is 3. The van der Waals surface area contributed by atoms with Gasteiger partial charge in [0, 0.05) is 5.56 Å². The first-order valence-corrected chi connectivity index (χ1v) is 5.49. The molecule has 0 fully saturated rings. The van der Waals surface area contributed by atoms with Gasteiger partial charge in [0.1, 0.15) is 6.04 Å². The molecule has 102 valence electrons. The SMILES string of the molecule is NC(=O)c1ccc(NC(CC(=O)O)C(=O)O)c(Cl)c1. The smallest absolute Gasteiger partial charge is 0.326 e. The van der Waals surface area contributed by atoms with Gasteiger partial charge in [-0.15, -0.1) is 0 Å². The summed E-state index contributed by atoms with van der Waals surface area (Å²) in [5, 5.41) is 20.0. The Morgan fingerprint density at radius 3 is 2.37 bits per heavy atom. The van der Waals surface area contributed by atoms with Crippen LogP contribution in [0.2, 0.25) is 5.02 Å². The van der Waals surface area contributed by atoms with E-state index in [4.69, 9.17) is 27.5 Å². The predicted octanol–water partition coefficient (Wildman–Crippen LogP) is 0.779. The Hall–Kier alpha value is -2.28. The molecule has 7 nitrogen and oxygen atoms in total. The first kappa shape index (κ1) is 14.8. The third-order valence-electron chi connectivity index (χ3n) is 2.26. The van der Waals surface area contributed by atoms with E-state index in [2.05, 4.69) is 5.32 Å². The number of anilines is 1. The van der Waals surface area contributed by atoms with Gasteiger partial charge in [0.25, 0.3) is 0 Å². The lowest BCUT2D eigenvalue weighted by atomic mass is 10.1. The van der Waals surface area contributed by atoms with E-state index in [1.807, 2.05) is 0 Å². The average Bonchev–Trinajstić information content (AvgIpc) is 2.29. The molecule has 0 aromatic heterocycles. The topological polar surface area (TPSA) is 130 Å². The maximum atomic E-state index is 10.9. The van der Waals surface area contributed by atoms with Crippen molar-refractivity contribution in [1.29, 1.82) is 0 Å². The van der Waals surface area contributed by atoms with Crippen molar-refractivity contribution >= 4 is 35.1 Å². The molecule has 8 heteroatoms. The summed E-state index contributed by atoms with van der Waals surface area (Å²) in [6.45, 7) is 0. The molecule has 1 unspecified atom stereocenters. The maximum Gasteiger partial charge on any atom is 0.326 e. The summed E-state index contributed by atoms with van der Waals surface area (Å²) >= 11 is 5.85. The van der Waals surface area contributed by atoms with Crippen molar-refractivity contribution in [2.75, 3.05) is 5.32 Å². The minimum Gasteiger partial charge on any atom is -0.481 e. The van der Waals surface area contributed by atoms with Gasteiger partial charge >= 0.3 is 11.9 Å². The Kier molecular flexibility index (Phi) is 4.71. The number of carboxylic acid groups (broad SMARTS) is 2. The quantitative estimate of drug-likeness (QED) is 0.611. The van der Waals surface area contributed by atoms with Gasteiger partial charge in [-0.2, -0.15) is 0 Å². The fourth-order valence-corrected chi connectivity index (χ4v) is 1.58. The van der Waals surface area contributed by atoms with Crippen molar-refractivity contribution in [1.82, 2.24) is 0 Å². The number of amides is 1.